The molecule has 1 N–H and O–H groups in total. The summed E-state index contributed by atoms with van der Waals surface area (Å²) >= 11 is 0. The summed E-state index contributed by atoms with van der Waals surface area (Å²) < 4.78 is 15.8. The molecule has 1 saturated heterocycles. The Morgan fingerprint density at radius 1 is 1.03 bits per heavy atom. The molecule has 4 aromatic rings. The molecule has 32 heavy (non-hydrogen) atoms. The van der Waals surface area contributed by atoms with Crippen molar-refractivity contribution in [2.75, 3.05) is 23.3 Å². The van der Waals surface area contributed by atoms with Crippen LogP contribution in [0.25, 0.3) is 10.9 Å². The van der Waals surface area contributed by atoms with E-state index in [9.17, 15) is 9.18 Å². The normalized spacial score (nSPS) is 13.6. The standard InChI is InChI=1S/C25H24FN5O/c26-20-3-5-23-19(13-20)14-22(31(23)17-18-7-9-27-10-8-18)15-25(32)29-21-4-6-24(28-16-21)30-11-1-2-12-30/h3-10,13-14,16H,1-2,11-12,15,17H2,(H,29,32). The van der Waals surface area contributed by atoms with Crippen LogP contribution < -0.4 is 10.2 Å². The maximum atomic E-state index is 13.8. The van der Waals surface area contributed by atoms with Gasteiger partial charge in [-0.1, -0.05) is 0 Å². The van der Waals surface area contributed by atoms with Crippen LogP contribution in [0.1, 0.15) is 24.1 Å². The highest BCUT2D eigenvalue weighted by Crippen LogP contribution is 2.24. The Kier molecular flexibility index (Phi) is 5.54. The molecule has 0 unspecified atom stereocenters. The van der Waals surface area contributed by atoms with Crippen LogP contribution in [0.15, 0.2) is 67.1 Å². The van der Waals surface area contributed by atoms with Crippen LogP contribution in [-0.2, 0) is 17.8 Å². The molecule has 1 aliphatic rings. The van der Waals surface area contributed by atoms with Gasteiger partial charge in [0.25, 0.3) is 0 Å². The maximum Gasteiger partial charge on any atom is 0.230 e. The fraction of sp³-hybridized carbons (Fsp3) is 0.240. The summed E-state index contributed by atoms with van der Waals surface area (Å²) in [5, 5.41) is 3.71. The third kappa shape index (κ3) is 4.32. The number of rotatable bonds is 6. The van der Waals surface area contributed by atoms with Gasteiger partial charge < -0.3 is 14.8 Å². The Labute approximate surface area is 185 Å². The van der Waals surface area contributed by atoms with E-state index in [1.54, 1.807) is 24.7 Å². The number of amides is 1. The summed E-state index contributed by atoms with van der Waals surface area (Å²) in [5.41, 5.74) is 3.44. The molecule has 0 saturated carbocycles. The number of fused-ring (bicyclic) bond motifs is 1. The Bertz CT molecular complexity index is 1230. The lowest BCUT2D eigenvalue weighted by atomic mass is 10.2. The number of carbonyl (C=O) groups excluding carboxylic acids is 1. The smallest absolute Gasteiger partial charge is 0.230 e. The molecule has 1 aliphatic heterocycles. The zero-order valence-corrected chi connectivity index (χ0v) is 17.7. The predicted octanol–water partition coefficient (Wildman–Crippen LogP) is 4.40. The number of benzene rings is 1. The first-order chi connectivity index (χ1) is 15.7. The van der Waals surface area contributed by atoms with Crippen LogP contribution in [0.2, 0.25) is 0 Å². The molecule has 5 rings (SSSR count). The van der Waals surface area contributed by atoms with Gasteiger partial charge in [-0.05, 0) is 66.9 Å². The predicted molar refractivity (Wildman–Crippen MR) is 123 cm³/mol. The van der Waals surface area contributed by atoms with E-state index in [0.717, 1.165) is 41.1 Å². The summed E-state index contributed by atoms with van der Waals surface area (Å²) in [4.78, 5) is 23.6. The van der Waals surface area contributed by atoms with Crippen molar-refractivity contribution in [3.63, 3.8) is 0 Å². The molecule has 1 amide bonds. The molecule has 0 aliphatic carbocycles. The van der Waals surface area contributed by atoms with Crippen molar-refractivity contribution in [2.24, 2.45) is 0 Å². The molecule has 0 radical (unpaired) electrons. The van der Waals surface area contributed by atoms with Crippen LogP contribution in [-0.4, -0.2) is 33.5 Å². The molecule has 7 heteroatoms. The molecule has 1 fully saturated rings. The Balaban J connectivity index is 1.35. The average Bonchev–Trinajstić information content (AvgIpc) is 3.44. The second-order valence-electron chi connectivity index (χ2n) is 8.10. The van der Waals surface area contributed by atoms with Crippen LogP contribution in [0.3, 0.4) is 0 Å². The van der Waals surface area contributed by atoms with Crippen molar-refractivity contribution in [3.05, 3.63) is 84.2 Å². The number of pyridine rings is 2. The van der Waals surface area contributed by atoms with Crippen LogP contribution in [0, 0.1) is 5.82 Å². The summed E-state index contributed by atoms with van der Waals surface area (Å²) in [6, 6.07) is 14.3. The van der Waals surface area contributed by atoms with Gasteiger partial charge in [0.05, 0.1) is 18.3 Å². The summed E-state index contributed by atoms with van der Waals surface area (Å²) in [6.07, 6.45) is 7.75. The van der Waals surface area contributed by atoms with Gasteiger partial charge in [0.2, 0.25) is 5.91 Å². The number of carbonyl (C=O) groups is 1. The third-order valence-corrected chi connectivity index (χ3v) is 5.84. The van der Waals surface area contributed by atoms with Crippen molar-refractivity contribution in [1.82, 2.24) is 14.5 Å². The van der Waals surface area contributed by atoms with E-state index in [4.69, 9.17) is 0 Å². The molecule has 0 bridgehead atoms. The minimum atomic E-state index is -0.293. The summed E-state index contributed by atoms with van der Waals surface area (Å²) in [5.74, 6) is 0.513. The Morgan fingerprint density at radius 3 is 2.59 bits per heavy atom. The van der Waals surface area contributed by atoms with Gasteiger partial charge in [-0.15, -0.1) is 0 Å². The lowest BCUT2D eigenvalue weighted by Crippen LogP contribution is -2.20. The topological polar surface area (TPSA) is 63.1 Å². The van der Waals surface area contributed by atoms with E-state index in [1.807, 2.05) is 30.3 Å². The first-order valence-electron chi connectivity index (χ1n) is 10.8. The van der Waals surface area contributed by atoms with E-state index < -0.39 is 0 Å². The summed E-state index contributed by atoms with van der Waals surface area (Å²) in [7, 11) is 0. The van der Waals surface area contributed by atoms with Gasteiger partial charge in [-0.2, -0.15) is 0 Å². The van der Waals surface area contributed by atoms with E-state index in [1.165, 1.54) is 25.0 Å². The SMILES string of the molecule is O=C(Cc1cc2cc(F)ccc2n1Cc1ccncc1)Nc1ccc(N2CCCC2)nc1. The molecular weight excluding hydrogens is 405 g/mol. The van der Waals surface area contributed by atoms with Crippen LogP contribution >= 0.6 is 0 Å². The second-order valence-corrected chi connectivity index (χ2v) is 8.10. The largest absolute Gasteiger partial charge is 0.357 e. The zero-order valence-electron chi connectivity index (χ0n) is 17.7. The van der Waals surface area contributed by atoms with Crippen molar-refractivity contribution in [1.29, 1.82) is 0 Å². The maximum absolute atomic E-state index is 13.8. The first kappa shape index (κ1) is 20.2. The first-order valence-corrected chi connectivity index (χ1v) is 10.8. The van der Waals surface area contributed by atoms with E-state index >= 15 is 0 Å². The minimum Gasteiger partial charge on any atom is -0.357 e. The number of nitrogens with one attached hydrogen (secondary N) is 1. The number of anilines is 2. The number of halogens is 1. The highest BCUT2D eigenvalue weighted by atomic mass is 19.1. The zero-order chi connectivity index (χ0) is 21.9. The number of nitrogens with zero attached hydrogens (tertiary/aromatic N) is 4. The fourth-order valence-electron chi connectivity index (χ4n) is 4.27. The third-order valence-electron chi connectivity index (χ3n) is 5.84. The molecule has 162 valence electrons. The monoisotopic (exact) mass is 429 g/mol. The van der Waals surface area contributed by atoms with Gasteiger partial charge in [0.15, 0.2) is 0 Å². The molecule has 6 nitrogen and oxygen atoms in total. The van der Waals surface area contributed by atoms with Gasteiger partial charge in [0, 0.05) is 48.6 Å². The van der Waals surface area contributed by atoms with Crippen molar-refractivity contribution in [3.8, 4) is 0 Å². The number of hydrogen-bond acceptors (Lipinski definition) is 4. The van der Waals surface area contributed by atoms with E-state index in [2.05, 4.69) is 24.8 Å². The second kappa shape index (κ2) is 8.78. The summed E-state index contributed by atoms with van der Waals surface area (Å²) in [6.45, 7) is 2.63. The number of hydrogen-bond donors (Lipinski definition) is 1. The van der Waals surface area contributed by atoms with Crippen molar-refractivity contribution >= 4 is 28.3 Å². The van der Waals surface area contributed by atoms with Crippen molar-refractivity contribution in [2.45, 2.75) is 25.8 Å². The van der Waals surface area contributed by atoms with Crippen LogP contribution in [0.5, 0.6) is 0 Å². The lowest BCUT2D eigenvalue weighted by molar-refractivity contribution is -0.115. The van der Waals surface area contributed by atoms with E-state index in [0.29, 0.717) is 12.2 Å². The van der Waals surface area contributed by atoms with Gasteiger partial charge >= 0.3 is 0 Å². The quantitative estimate of drug-likeness (QED) is 0.494. The van der Waals surface area contributed by atoms with Gasteiger partial charge in [-0.25, -0.2) is 9.37 Å². The van der Waals surface area contributed by atoms with Crippen LogP contribution in [0.4, 0.5) is 15.9 Å². The van der Waals surface area contributed by atoms with Gasteiger partial charge in [0.1, 0.15) is 11.6 Å². The Morgan fingerprint density at radius 2 is 1.84 bits per heavy atom. The fourth-order valence-corrected chi connectivity index (χ4v) is 4.27. The molecular formula is C25H24FN5O. The Hall–Kier alpha value is -3.74. The number of aromatic nitrogens is 3. The average molecular weight is 429 g/mol. The molecule has 1 aromatic carbocycles. The van der Waals surface area contributed by atoms with Gasteiger partial charge in [-0.3, -0.25) is 9.78 Å². The van der Waals surface area contributed by atoms with Crippen molar-refractivity contribution < 1.29 is 9.18 Å². The molecule has 0 atom stereocenters. The minimum absolute atomic E-state index is 0.139. The highest BCUT2D eigenvalue weighted by molar-refractivity contribution is 5.93. The molecule has 0 spiro atoms. The van der Waals surface area contributed by atoms with E-state index in [-0.39, 0.29) is 18.1 Å². The molecule has 4 heterocycles. The highest BCUT2D eigenvalue weighted by Gasteiger charge is 2.15. The molecule has 3 aromatic heterocycles. The lowest BCUT2D eigenvalue weighted by Gasteiger charge is -2.16.